The van der Waals surface area contributed by atoms with Gasteiger partial charge in [0.1, 0.15) is 0 Å². The summed E-state index contributed by atoms with van der Waals surface area (Å²) in [6.07, 6.45) is 0. The molecule has 1 rings (SSSR count). The van der Waals surface area contributed by atoms with E-state index in [4.69, 9.17) is 5.11 Å². The Kier molecular flexibility index (Phi) is 5.03. The normalized spacial score (nSPS) is 12.5. The van der Waals surface area contributed by atoms with E-state index in [1.165, 1.54) is 24.3 Å². The molecule has 1 aromatic rings. The molecule has 0 heterocycles. The number of hydrogen-bond donors (Lipinski definition) is 2. The summed E-state index contributed by atoms with van der Waals surface area (Å²) in [5.74, 6) is -1.83. The summed E-state index contributed by atoms with van der Waals surface area (Å²) in [7, 11) is -2.19. The van der Waals surface area contributed by atoms with Crippen molar-refractivity contribution in [2.75, 3.05) is 5.32 Å². The molecule has 0 saturated carbocycles. The fourth-order valence-electron chi connectivity index (χ4n) is 1.25. The lowest BCUT2D eigenvalue weighted by molar-refractivity contribution is -0.134. The number of sulfone groups is 1. The van der Waals surface area contributed by atoms with Crippen molar-refractivity contribution in [3.63, 3.8) is 0 Å². The van der Waals surface area contributed by atoms with Crippen LogP contribution >= 0.6 is 9.24 Å². The van der Waals surface area contributed by atoms with Crippen LogP contribution in [0.15, 0.2) is 41.3 Å². The van der Waals surface area contributed by atoms with Gasteiger partial charge in [-0.15, -0.1) is 9.24 Å². The van der Waals surface area contributed by atoms with Crippen LogP contribution in [0.4, 0.5) is 5.69 Å². The first-order valence-corrected chi connectivity index (χ1v) is 7.66. The second-order valence-electron chi connectivity index (χ2n) is 4.06. The number of nitrogens with one attached hydrogen (secondary N) is 1. The van der Waals surface area contributed by atoms with Crippen molar-refractivity contribution in [2.45, 2.75) is 16.8 Å². The monoisotopic (exact) mass is 315 g/mol. The number of amides is 1. The molecule has 0 radical (unpaired) electrons. The molecule has 8 heteroatoms. The van der Waals surface area contributed by atoms with E-state index < -0.39 is 20.8 Å². The minimum Gasteiger partial charge on any atom is -0.480 e. The Hall–Kier alpha value is -1.72. The molecule has 0 aliphatic heterocycles. The Morgan fingerprint density at radius 2 is 1.80 bits per heavy atom. The van der Waals surface area contributed by atoms with Crippen molar-refractivity contribution in [3.05, 3.63) is 36.4 Å². The van der Waals surface area contributed by atoms with Crippen molar-refractivity contribution in [1.29, 1.82) is 0 Å². The topological polar surface area (TPSA) is 101 Å². The minimum absolute atomic E-state index is 0.131. The zero-order valence-corrected chi connectivity index (χ0v) is 12.6. The second kappa shape index (κ2) is 6.15. The van der Waals surface area contributed by atoms with Gasteiger partial charge in [-0.1, -0.05) is 6.58 Å². The molecule has 0 spiro atoms. The highest BCUT2D eigenvalue weighted by Crippen LogP contribution is 2.22. The average molecular weight is 315 g/mol. The molecular weight excluding hydrogens is 301 g/mol. The molecule has 2 N–H and O–H groups in total. The van der Waals surface area contributed by atoms with Crippen molar-refractivity contribution in [2.24, 2.45) is 0 Å². The summed E-state index contributed by atoms with van der Waals surface area (Å²) in [6, 6.07) is 5.24. The van der Waals surface area contributed by atoms with Crippen molar-refractivity contribution in [1.82, 2.24) is 0 Å². The highest BCUT2D eigenvalue weighted by Gasteiger charge is 2.29. The van der Waals surface area contributed by atoms with E-state index in [2.05, 4.69) is 11.9 Å². The molecule has 0 aromatic heterocycles. The van der Waals surface area contributed by atoms with E-state index in [1.807, 2.05) is 0 Å². The number of carbonyl (C=O) groups excluding carboxylic acids is 1. The molecule has 2 atom stereocenters. The minimum atomic E-state index is -3.97. The van der Waals surface area contributed by atoms with E-state index in [0.717, 1.165) is 0 Å². The Labute approximate surface area is 119 Å². The third-order valence-corrected chi connectivity index (χ3v) is 5.57. The molecule has 108 valence electrons. The third-order valence-electron chi connectivity index (χ3n) is 2.41. The first-order chi connectivity index (χ1) is 9.16. The first-order valence-electron chi connectivity index (χ1n) is 5.45. The fraction of sp³-hybridized carbons (Fsp3) is 0.167. The van der Waals surface area contributed by atoms with Gasteiger partial charge in [0.25, 0.3) is 5.91 Å². The second-order valence-corrected chi connectivity index (χ2v) is 7.28. The van der Waals surface area contributed by atoms with Crippen LogP contribution in [0.1, 0.15) is 6.92 Å². The number of aliphatic carboxylic acids is 1. The standard InChI is InChI=1S/C12H14NO5PS/c1-7(2)10(14)13-8-3-5-9(6-4-8)20(17,18)12(19)11(15)16/h3-6,12H,1,19H2,2H3,(H,13,14)(H,15,16). The van der Waals surface area contributed by atoms with Crippen LogP contribution in [0.2, 0.25) is 0 Å². The van der Waals surface area contributed by atoms with Crippen LogP contribution in [0.25, 0.3) is 0 Å². The van der Waals surface area contributed by atoms with Gasteiger partial charge < -0.3 is 10.4 Å². The van der Waals surface area contributed by atoms with Gasteiger partial charge in [-0.2, -0.15) is 0 Å². The first kappa shape index (κ1) is 16.3. The van der Waals surface area contributed by atoms with Gasteiger partial charge in [0.05, 0.1) is 4.90 Å². The quantitative estimate of drug-likeness (QED) is 0.629. The molecule has 6 nitrogen and oxygen atoms in total. The Bertz CT molecular complexity index is 651. The van der Waals surface area contributed by atoms with Gasteiger partial charge in [-0.05, 0) is 31.2 Å². The number of carboxylic acids is 1. The molecular formula is C12H14NO5PS. The third kappa shape index (κ3) is 3.65. The van der Waals surface area contributed by atoms with Gasteiger partial charge in [-0.3, -0.25) is 9.59 Å². The number of anilines is 1. The summed E-state index contributed by atoms with van der Waals surface area (Å²) in [6.45, 7) is 5.02. The molecule has 0 fully saturated rings. The number of rotatable bonds is 5. The molecule has 0 saturated heterocycles. The predicted octanol–water partition coefficient (Wildman–Crippen LogP) is 1.26. The van der Waals surface area contributed by atoms with Crippen molar-refractivity contribution in [3.8, 4) is 0 Å². The van der Waals surface area contributed by atoms with Crippen LogP contribution in [0.3, 0.4) is 0 Å². The maximum Gasteiger partial charge on any atom is 0.326 e. The molecule has 1 amide bonds. The largest absolute Gasteiger partial charge is 0.480 e. The van der Waals surface area contributed by atoms with E-state index in [0.29, 0.717) is 11.3 Å². The molecule has 20 heavy (non-hydrogen) atoms. The van der Waals surface area contributed by atoms with Crippen molar-refractivity contribution >= 4 is 36.6 Å². The maximum absolute atomic E-state index is 11.9. The summed E-state index contributed by atoms with van der Waals surface area (Å²) < 4.78 is 23.8. The van der Waals surface area contributed by atoms with Gasteiger partial charge in [0.2, 0.25) is 0 Å². The van der Waals surface area contributed by atoms with Gasteiger partial charge in [0, 0.05) is 11.3 Å². The van der Waals surface area contributed by atoms with Gasteiger partial charge in [-0.25, -0.2) is 8.42 Å². The van der Waals surface area contributed by atoms with Crippen LogP contribution in [0.5, 0.6) is 0 Å². The van der Waals surface area contributed by atoms with Crippen LogP contribution in [0, 0.1) is 0 Å². The summed E-state index contributed by atoms with van der Waals surface area (Å²) in [5, 5.41) is 11.3. The number of carboxylic acid groups (broad SMARTS) is 1. The van der Waals surface area contributed by atoms with Crippen LogP contribution in [-0.2, 0) is 19.4 Å². The fourth-order valence-corrected chi connectivity index (χ4v) is 2.79. The SMILES string of the molecule is C=C(C)C(=O)Nc1ccc(S(=O)(=O)C(P)C(=O)O)cc1. The lowest BCUT2D eigenvalue weighted by atomic mass is 10.3. The predicted molar refractivity (Wildman–Crippen MR) is 78.2 cm³/mol. The van der Waals surface area contributed by atoms with E-state index in [1.54, 1.807) is 16.2 Å². The maximum atomic E-state index is 11.9. The average Bonchev–Trinajstić information content (AvgIpc) is 2.38. The molecule has 1 aromatic carbocycles. The van der Waals surface area contributed by atoms with Crippen LogP contribution in [-0.4, -0.2) is 30.4 Å². The Balaban J connectivity index is 3.00. The lowest BCUT2D eigenvalue weighted by Crippen LogP contribution is -2.24. The number of hydrogen-bond acceptors (Lipinski definition) is 4. The summed E-state index contributed by atoms with van der Waals surface area (Å²) in [5.41, 5.74) is 0.713. The molecule has 2 unspecified atom stereocenters. The molecule has 0 aliphatic rings. The smallest absolute Gasteiger partial charge is 0.326 e. The summed E-state index contributed by atoms with van der Waals surface area (Å²) in [4.78, 5) is 20.4. The number of benzene rings is 1. The highest BCUT2D eigenvalue weighted by molar-refractivity contribution is 7.96. The lowest BCUT2D eigenvalue weighted by Gasteiger charge is -2.09. The van der Waals surface area contributed by atoms with Crippen molar-refractivity contribution < 1.29 is 23.1 Å². The Morgan fingerprint density at radius 3 is 2.20 bits per heavy atom. The molecule has 0 bridgehead atoms. The van der Waals surface area contributed by atoms with E-state index in [9.17, 15) is 18.0 Å². The Morgan fingerprint density at radius 1 is 1.30 bits per heavy atom. The number of carbonyl (C=O) groups is 2. The molecule has 0 aliphatic carbocycles. The zero-order valence-electron chi connectivity index (χ0n) is 10.7. The van der Waals surface area contributed by atoms with Gasteiger partial charge in [0.15, 0.2) is 14.8 Å². The van der Waals surface area contributed by atoms with Gasteiger partial charge >= 0.3 is 5.97 Å². The summed E-state index contributed by atoms with van der Waals surface area (Å²) >= 11 is 0. The van der Waals surface area contributed by atoms with Crippen LogP contribution < -0.4 is 5.32 Å². The highest BCUT2D eigenvalue weighted by atomic mass is 32.2. The zero-order chi connectivity index (χ0) is 15.5. The van der Waals surface area contributed by atoms with E-state index >= 15 is 0 Å². The van der Waals surface area contributed by atoms with E-state index in [-0.39, 0.29) is 10.8 Å².